The standard InChI is InChI=1S/C22H20BrN3O3S/c1-29-19-8-15(7-18(23)21(19)28)16-9-20(27)26-12-25(11-14-5-3-2-4-6-14)13-30-22(26)17(16)10-24/h2-8,16,28H,9,11-13H2,1H3/p+1/t16-/m1/s1. The number of amides is 1. The molecular formula is C22H21BrN3O3S+. The molecule has 6 nitrogen and oxygen atoms in total. The predicted octanol–water partition coefficient (Wildman–Crippen LogP) is 2.96. The van der Waals surface area contributed by atoms with Crippen LogP contribution in [-0.4, -0.2) is 35.6 Å². The minimum Gasteiger partial charge on any atom is -0.503 e. The molecule has 1 fully saturated rings. The van der Waals surface area contributed by atoms with Crippen molar-refractivity contribution in [2.45, 2.75) is 18.9 Å². The average molecular weight is 487 g/mol. The number of phenols is 1. The SMILES string of the molecule is COc1cc([C@H]2CC(=O)N3C[NH+](Cc4ccccc4)CSC3=C2C#N)cc(Br)c1O. The Balaban J connectivity index is 1.63. The topological polar surface area (TPSA) is 78.0 Å². The fourth-order valence-corrected chi connectivity index (χ4v) is 5.56. The number of carbonyl (C=O) groups is 1. The summed E-state index contributed by atoms with van der Waals surface area (Å²) in [5, 5.41) is 20.8. The number of nitrogens with zero attached hydrogens (tertiary/aromatic N) is 2. The highest BCUT2D eigenvalue weighted by Crippen LogP contribution is 2.44. The van der Waals surface area contributed by atoms with Crippen molar-refractivity contribution < 1.29 is 19.5 Å². The van der Waals surface area contributed by atoms with Gasteiger partial charge in [-0.2, -0.15) is 5.26 Å². The van der Waals surface area contributed by atoms with E-state index in [0.717, 1.165) is 23.0 Å². The van der Waals surface area contributed by atoms with Gasteiger partial charge in [0.05, 0.1) is 23.2 Å². The lowest BCUT2D eigenvalue weighted by Gasteiger charge is -2.39. The first-order valence-corrected chi connectivity index (χ1v) is 11.3. The summed E-state index contributed by atoms with van der Waals surface area (Å²) in [6, 6.07) is 16.0. The molecule has 2 aromatic carbocycles. The van der Waals surface area contributed by atoms with Crippen molar-refractivity contribution in [2.75, 3.05) is 19.7 Å². The number of rotatable bonds is 4. The number of thioether (sulfide) groups is 1. The van der Waals surface area contributed by atoms with Crippen molar-refractivity contribution >= 4 is 33.6 Å². The van der Waals surface area contributed by atoms with E-state index in [9.17, 15) is 15.2 Å². The highest BCUT2D eigenvalue weighted by atomic mass is 79.9. The number of halogens is 1. The lowest BCUT2D eigenvalue weighted by Crippen LogP contribution is -3.12. The molecule has 2 atom stereocenters. The van der Waals surface area contributed by atoms with Gasteiger partial charge in [-0.3, -0.25) is 9.69 Å². The Morgan fingerprint density at radius 3 is 2.83 bits per heavy atom. The molecule has 1 amide bonds. The van der Waals surface area contributed by atoms with Crippen LogP contribution in [0.2, 0.25) is 0 Å². The van der Waals surface area contributed by atoms with Crippen LogP contribution in [0.3, 0.4) is 0 Å². The van der Waals surface area contributed by atoms with Crippen LogP contribution in [0, 0.1) is 11.3 Å². The molecule has 1 unspecified atom stereocenters. The quantitative estimate of drug-likeness (QED) is 0.694. The molecule has 1 saturated heterocycles. The summed E-state index contributed by atoms with van der Waals surface area (Å²) in [5.41, 5.74) is 2.59. The van der Waals surface area contributed by atoms with Gasteiger partial charge in [0, 0.05) is 17.9 Å². The summed E-state index contributed by atoms with van der Waals surface area (Å²) in [6.45, 7) is 1.38. The molecule has 2 aromatic rings. The van der Waals surface area contributed by atoms with Crippen molar-refractivity contribution in [2.24, 2.45) is 0 Å². The Morgan fingerprint density at radius 2 is 2.13 bits per heavy atom. The van der Waals surface area contributed by atoms with Gasteiger partial charge in [-0.15, -0.1) is 0 Å². The number of aromatic hydroxyl groups is 1. The van der Waals surface area contributed by atoms with Crippen LogP contribution < -0.4 is 9.64 Å². The normalized spacial score (nSPS) is 21.2. The number of benzene rings is 2. The van der Waals surface area contributed by atoms with Gasteiger partial charge in [0.15, 0.2) is 18.2 Å². The van der Waals surface area contributed by atoms with Gasteiger partial charge in [0.2, 0.25) is 5.91 Å². The van der Waals surface area contributed by atoms with Gasteiger partial charge < -0.3 is 14.7 Å². The van der Waals surface area contributed by atoms with Gasteiger partial charge >= 0.3 is 0 Å². The Hall–Kier alpha value is -2.47. The van der Waals surface area contributed by atoms with E-state index < -0.39 is 0 Å². The fraction of sp³-hybridized carbons (Fsp3) is 0.273. The number of methoxy groups -OCH3 is 1. The molecule has 8 heteroatoms. The number of carbonyl (C=O) groups excluding carboxylic acids is 1. The van der Waals surface area contributed by atoms with E-state index in [4.69, 9.17) is 4.74 Å². The van der Waals surface area contributed by atoms with Gasteiger partial charge in [-0.05, 0) is 45.4 Å². The predicted molar refractivity (Wildman–Crippen MR) is 118 cm³/mol. The third-order valence-corrected chi connectivity index (χ3v) is 7.26. The molecule has 4 rings (SSSR count). The lowest BCUT2D eigenvalue weighted by atomic mass is 9.86. The first kappa shape index (κ1) is 20.8. The van der Waals surface area contributed by atoms with Crippen molar-refractivity contribution in [1.29, 1.82) is 5.26 Å². The number of hydrogen-bond acceptors (Lipinski definition) is 5. The van der Waals surface area contributed by atoms with E-state index in [1.165, 1.54) is 17.6 Å². The molecule has 2 N–H and O–H groups in total. The van der Waals surface area contributed by atoms with Crippen LogP contribution in [0.4, 0.5) is 0 Å². The molecule has 0 spiro atoms. The molecule has 0 bridgehead atoms. The number of hydrogen-bond donors (Lipinski definition) is 2. The average Bonchev–Trinajstić information content (AvgIpc) is 2.76. The maximum absolute atomic E-state index is 13.0. The highest BCUT2D eigenvalue weighted by molar-refractivity contribution is 9.10. The number of nitriles is 1. The molecule has 0 radical (unpaired) electrons. The van der Waals surface area contributed by atoms with Crippen molar-refractivity contribution in [3.05, 3.63) is 68.7 Å². The summed E-state index contributed by atoms with van der Waals surface area (Å²) < 4.78 is 5.72. The molecule has 154 valence electrons. The Labute approximate surface area is 187 Å². The lowest BCUT2D eigenvalue weighted by molar-refractivity contribution is -0.910. The second-order valence-corrected chi connectivity index (χ2v) is 9.14. The zero-order valence-corrected chi connectivity index (χ0v) is 18.8. The van der Waals surface area contributed by atoms with Gasteiger partial charge in [-0.25, -0.2) is 0 Å². The summed E-state index contributed by atoms with van der Waals surface area (Å²) in [6.07, 6.45) is 0.214. The van der Waals surface area contributed by atoms with Crippen LogP contribution in [0.15, 0.2) is 57.5 Å². The highest BCUT2D eigenvalue weighted by Gasteiger charge is 2.40. The zero-order valence-electron chi connectivity index (χ0n) is 16.4. The molecule has 2 aliphatic heterocycles. The molecule has 2 heterocycles. The Morgan fingerprint density at radius 1 is 1.37 bits per heavy atom. The smallest absolute Gasteiger partial charge is 0.232 e. The Kier molecular flexibility index (Phi) is 6.04. The van der Waals surface area contributed by atoms with E-state index in [1.807, 2.05) is 18.2 Å². The van der Waals surface area contributed by atoms with Gasteiger partial charge in [-0.1, -0.05) is 30.3 Å². The maximum Gasteiger partial charge on any atom is 0.232 e. The molecule has 30 heavy (non-hydrogen) atoms. The first-order valence-electron chi connectivity index (χ1n) is 9.53. The molecule has 0 aliphatic carbocycles. The van der Waals surface area contributed by atoms with Crippen LogP contribution in [-0.2, 0) is 11.3 Å². The number of nitrogens with one attached hydrogen (secondary N) is 1. The van der Waals surface area contributed by atoms with E-state index in [2.05, 4.69) is 34.1 Å². The van der Waals surface area contributed by atoms with Crippen LogP contribution in [0.25, 0.3) is 0 Å². The zero-order chi connectivity index (χ0) is 21.3. The second-order valence-electron chi connectivity index (χ2n) is 7.32. The minimum atomic E-state index is -0.359. The van der Waals surface area contributed by atoms with Gasteiger partial charge in [0.25, 0.3) is 0 Å². The summed E-state index contributed by atoms with van der Waals surface area (Å²) in [7, 11) is 1.48. The number of quaternary nitrogens is 1. The summed E-state index contributed by atoms with van der Waals surface area (Å²) in [4.78, 5) is 16.1. The monoisotopic (exact) mass is 486 g/mol. The summed E-state index contributed by atoms with van der Waals surface area (Å²) in [5.74, 6) is 0.751. The summed E-state index contributed by atoms with van der Waals surface area (Å²) >= 11 is 4.90. The molecular weight excluding hydrogens is 466 g/mol. The van der Waals surface area contributed by atoms with Crippen molar-refractivity contribution in [1.82, 2.24) is 4.90 Å². The molecule has 0 aromatic heterocycles. The van der Waals surface area contributed by atoms with Crippen LogP contribution in [0.1, 0.15) is 23.5 Å². The first-order chi connectivity index (χ1) is 14.5. The molecule has 0 saturated carbocycles. The third-order valence-electron chi connectivity index (χ3n) is 5.39. The number of ether oxygens (including phenoxy) is 1. The van der Waals surface area contributed by atoms with Crippen molar-refractivity contribution in [3.63, 3.8) is 0 Å². The van der Waals surface area contributed by atoms with E-state index in [-0.39, 0.29) is 24.0 Å². The number of phenolic OH excluding ortho intramolecular Hbond substituents is 1. The number of fused-ring (bicyclic) bond motifs is 1. The van der Waals surface area contributed by atoms with Crippen LogP contribution in [0.5, 0.6) is 11.5 Å². The largest absolute Gasteiger partial charge is 0.503 e. The fourth-order valence-electron chi connectivity index (χ4n) is 3.90. The van der Waals surface area contributed by atoms with E-state index in [0.29, 0.717) is 22.5 Å². The minimum absolute atomic E-state index is 0.00312. The second kappa shape index (κ2) is 8.72. The van der Waals surface area contributed by atoms with E-state index >= 15 is 0 Å². The number of allylic oxidation sites excluding steroid dienone is 1. The van der Waals surface area contributed by atoms with Crippen molar-refractivity contribution in [3.8, 4) is 17.6 Å². The van der Waals surface area contributed by atoms with E-state index in [1.54, 1.807) is 28.8 Å². The third kappa shape index (κ3) is 3.93. The van der Waals surface area contributed by atoms with Gasteiger partial charge in [0.1, 0.15) is 17.5 Å². The maximum atomic E-state index is 13.0. The Bertz CT molecular complexity index is 1050. The van der Waals surface area contributed by atoms with Crippen LogP contribution >= 0.6 is 27.7 Å². The molecule has 2 aliphatic rings.